The first-order chi connectivity index (χ1) is 12.0. The number of ether oxygens (including phenoxy) is 1. The number of carbonyl (C=O) groups excluding carboxylic acids is 3. The molecule has 25 heavy (non-hydrogen) atoms. The van der Waals surface area contributed by atoms with Crippen LogP contribution in [0.15, 0.2) is 48.5 Å². The van der Waals surface area contributed by atoms with Crippen LogP contribution >= 0.6 is 0 Å². The minimum atomic E-state index is -0.881. The van der Waals surface area contributed by atoms with Gasteiger partial charge >= 0.3 is 6.03 Å². The normalized spacial score (nSPS) is 9.84. The Kier molecular flexibility index (Phi) is 6.05. The molecule has 8 heteroatoms. The lowest BCUT2D eigenvalue weighted by atomic mass is 10.3. The highest BCUT2D eigenvalue weighted by Gasteiger charge is 2.12. The number of hydrogen-bond acceptors (Lipinski definition) is 4. The maximum Gasteiger partial charge on any atom is 0.326 e. The molecule has 0 spiro atoms. The smallest absolute Gasteiger partial charge is 0.326 e. The van der Waals surface area contributed by atoms with Gasteiger partial charge in [0.05, 0.1) is 11.4 Å². The molecule has 4 amide bonds. The van der Waals surface area contributed by atoms with Gasteiger partial charge in [-0.15, -0.1) is 0 Å². The number of nitrogens with one attached hydrogen (secondary N) is 3. The second-order valence-corrected chi connectivity index (χ2v) is 4.95. The third-order valence-electron chi connectivity index (χ3n) is 2.93. The molecule has 2 aromatic rings. The molecular weight excluding hydrogens is 329 g/mol. The molecule has 0 radical (unpaired) electrons. The average Bonchev–Trinajstić information content (AvgIpc) is 2.55. The fourth-order valence-electron chi connectivity index (χ4n) is 1.91. The molecule has 0 saturated heterocycles. The molecule has 2 rings (SSSR count). The molecule has 3 N–H and O–H groups in total. The van der Waals surface area contributed by atoms with Crippen molar-refractivity contribution < 1.29 is 23.5 Å². The number of halogens is 1. The summed E-state index contributed by atoms with van der Waals surface area (Å²) in [6, 6.07) is 11.2. The monoisotopic (exact) mass is 345 g/mol. The van der Waals surface area contributed by atoms with Gasteiger partial charge in [-0.1, -0.05) is 24.3 Å². The van der Waals surface area contributed by atoms with Crippen molar-refractivity contribution in [2.75, 3.05) is 17.2 Å². The van der Waals surface area contributed by atoms with Crippen LogP contribution in [0.1, 0.15) is 6.92 Å². The van der Waals surface area contributed by atoms with Crippen molar-refractivity contribution in [1.82, 2.24) is 5.32 Å². The highest BCUT2D eigenvalue weighted by Crippen LogP contribution is 2.23. The Bertz CT molecular complexity index is 795. The van der Waals surface area contributed by atoms with Gasteiger partial charge in [0.15, 0.2) is 6.61 Å². The van der Waals surface area contributed by atoms with Gasteiger partial charge in [-0.3, -0.25) is 14.9 Å². The maximum absolute atomic E-state index is 13.4. The van der Waals surface area contributed by atoms with Gasteiger partial charge in [-0.05, 0) is 24.3 Å². The molecule has 0 aromatic heterocycles. The van der Waals surface area contributed by atoms with Crippen LogP contribution in [0.5, 0.6) is 5.75 Å². The van der Waals surface area contributed by atoms with E-state index in [4.69, 9.17) is 4.74 Å². The van der Waals surface area contributed by atoms with Crippen LogP contribution in [0.4, 0.5) is 20.6 Å². The van der Waals surface area contributed by atoms with E-state index >= 15 is 0 Å². The molecule has 0 aliphatic heterocycles. The second-order valence-electron chi connectivity index (χ2n) is 4.95. The molecule has 7 nitrogen and oxygen atoms in total. The molecule has 0 fully saturated rings. The van der Waals surface area contributed by atoms with Crippen molar-refractivity contribution in [3.8, 4) is 5.75 Å². The predicted octanol–water partition coefficient (Wildman–Crippen LogP) is 2.51. The van der Waals surface area contributed by atoms with Crippen LogP contribution in [0.3, 0.4) is 0 Å². The van der Waals surface area contributed by atoms with Gasteiger partial charge < -0.3 is 15.4 Å². The van der Waals surface area contributed by atoms with E-state index in [-0.39, 0.29) is 17.3 Å². The van der Waals surface area contributed by atoms with E-state index in [9.17, 15) is 18.8 Å². The number of anilines is 2. The molecule has 0 heterocycles. The highest BCUT2D eigenvalue weighted by molar-refractivity contribution is 6.01. The molecule has 0 aliphatic rings. The number of hydrogen-bond donors (Lipinski definition) is 3. The summed E-state index contributed by atoms with van der Waals surface area (Å²) < 4.78 is 18.7. The maximum atomic E-state index is 13.4. The topological polar surface area (TPSA) is 96.5 Å². The molecule has 0 bridgehead atoms. The average molecular weight is 345 g/mol. The highest BCUT2D eigenvalue weighted by atomic mass is 19.1. The fourth-order valence-corrected chi connectivity index (χ4v) is 1.91. The summed E-state index contributed by atoms with van der Waals surface area (Å²) in [6.45, 7) is 0.887. The first-order valence-electron chi connectivity index (χ1n) is 7.30. The van der Waals surface area contributed by atoms with Gasteiger partial charge in [0, 0.05) is 6.92 Å². The lowest BCUT2D eigenvalue weighted by molar-refractivity contribution is -0.121. The fraction of sp³-hybridized carbons (Fsp3) is 0.118. The Morgan fingerprint density at radius 1 is 0.960 bits per heavy atom. The first-order valence-corrected chi connectivity index (χ1v) is 7.30. The largest absolute Gasteiger partial charge is 0.482 e. The minimum Gasteiger partial charge on any atom is -0.482 e. The van der Waals surface area contributed by atoms with E-state index < -0.39 is 24.4 Å². The number of benzene rings is 2. The summed E-state index contributed by atoms with van der Waals surface area (Å²) >= 11 is 0. The Morgan fingerprint density at radius 2 is 1.60 bits per heavy atom. The van der Waals surface area contributed by atoms with Gasteiger partial charge in [0.2, 0.25) is 5.91 Å². The Balaban J connectivity index is 1.88. The van der Waals surface area contributed by atoms with Crippen molar-refractivity contribution in [1.29, 1.82) is 0 Å². The molecular formula is C17H16FN3O4. The SMILES string of the molecule is CC(=O)Nc1ccccc1OCC(=O)NC(=O)Nc1ccccc1F. The Morgan fingerprint density at radius 3 is 2.28 bits per heavy atom. The minimum absolute atomic E-state index is 0.0512. The molecule has 0 aliphatic carbocycles. The zero-order valence-electron chi connectivity index (χ0n) is 13.3. The van der Waals surface area contributed by atoms with Crippen LogP contribution in [-0.2, 0) is 9.59 Å². The number of rotatable bonds is 5. The Hall–Kier alpha value is -3.42. The van der Waals surface area contributed by atoms with Gasteiger partial charge in [-0.2, -0.15) is 0 Å². The van der Waals surface area contributed by atoms with Crippen molar-refractivity contribution in [2.45, 2.75) is 6.92 Å². The van der Waals surface area contributed by atoms with Gasteiger partial charge in [0.1, 0.15) is 11.6 Å². The second kappa shape index (κ2) is 8.44. The van der Waals surface area contributed by atoms with Crippen LogP contribution in [-0.4, -0.2) is 24.5 Å². The van der Waals surface area contributed by atoms with Crippen molar-refractivity contribution in [3.05, 3.63) is 54.3 Å². The zero-order chi connectivity index (χ0) is 18.2. The lowest BCUT2D eigenvalue weighted by Gasteiger charge is -2.11. The van der Waals surface area contributed by atoms with Crippen molar-refractivity contribution in [3.63, 3.8) is 0 Å². The molecule has 130 valence electrons. The number of urea groups is 1. The zero-order valence-corrected chi connectivity index (χ0v) is 13.3. The van der Waals surface area contributed by atoms with Crippen molar-refractivity contribution in [2.24, 2.45) is 0 Å². The van der Waals surface area contributed by atoms with Crippen LogP contribution in [0.2, 0.25) is 0 Å². The number of carbonyl (C=O) groups is 3. The number of imide groups is 1. The molecule has 0 unspecified atom stereocenters. The number of amides is 4. The van der Waals surface area contributed by atoms with Crippen LogP contribution in [0, 0.1) is 5.82 Å². The van der Waals surface area contributed by atoms with Gasteiger partial charge in [0.25, 0.3) is 5.91 Å². The van der Waals surface area contributed by atoms with E-state index in [1.807, 2.05) is 5.32 Å². The third kappa shape index (κ3) is 5.61. The Labute approximate surface area is 143 Å². The summed E-state index contributed by atoms with van der Waals surface area (Å²) in [5, 5.41) is 6.80. The summed E-state index contributed by atoms with van der Waals surface area (Å²) in [5.41, 5.74) is 0.350. The third-order valence-corrected chi connectivity index (χ3v) is 2.93. The summed E-state index contributed by atoms with van der Waals surface area (Å²) in [4.78, 5) is 34.6. The lowest BCUT2D eigenvalue weighted by Crippen LogP contribution is -2.37. The molecule has 0 saturated carbocycles. The standard InChI is InChI=1S/C17H16FN3O4/c1-11(22)19-14-8-4-5-9-15(14)25-10-16(23)21-17(24)20-13-7-3-2-6-12(13)18/h2-9H,10H2,1H3,(H,19,22)(H2,20,21,23,24). The number of para-hydroxylation sites is 3. The van der Waals surface area contributed by atoms with Crippen LogP contribution in [0.25, 0.3) is 0 Å². The van der Waals surface area contributed by atoms with Crippen molar-refractivity contribution >= 4 is 29.2 Å². The van der Waals surface area contributed by atoms with E-state index in [0.717, 1.165) is 0 Å². The van der Waals surface area contributed by atoms with Gasteiger partial charge in [-0.25, -0.2) is 9.18 Å². The van der Waals surface area contributed by atoms with Crippen LogP contribution < -0.4 is 20.7 Å². The summed E-state index contributed by atoms with van der Waals surface area (Å²) in [7, 11) is 0. The summed E-state index contributed by atoms with van der Waals surface area (Å²) in [5.74, 6) is -1.36. The quantitative estimate of drug-likeness (QED) is 0.776. The summed E-state index contributed by atoms with van der Waals surface area (Å²) in [6.07, 6.45) is 0. The molecule has 0 atom stereocenters. The predicted molar refractivity (Wildman–Crippen MR) is 89.8 cm³/mol. The van der Waals surface area contributed by atoms with E-state index in [1.165, 1.54) is 25.1 Å². The first kappa shape index (κ1) is 17.9. The van der Waals surface area contributed by atoms with E-state index in [2.05, 4.69) is 10.6 Å². The molecule has 2 aromatic carbocycles. The van der Waals surface area contributed by atoms with E-state index in [1.54, 1.807) is 30.3 Å². The van der Waals surface area contributed by atoms with E-state index in [0.29, 0.717) is 5.69 Å².